The van der Waals surface area contributed by atoms with Crippen molar-refractivity contribution in [2.45, 2.75) is 6.42 Å². The van der Waals surface area contributed by atoms with Crippen LogP contribution in [0.4, 0.5) is 0 Å². The van der Waals surface area contributed by atoms with E-state index in [-0.39, 0.29) is 31.7 Å². The van der Waals surface area contributed by atoms with Gasteiger partial charge in [-0.1, -0.05) is 0 Å². The fourth-order valence-electron chi connectivity index (χ4n) is 3.90. The highest BCUT2D eigenvalue weighted by molar-refractivity contribution is 5.97. The van der Waals surface area contributed by atoms with E-state index in [1.807, 2.05) is 0 Å². The van der Waals surface area contributed by atoms with Gasteiger partial charge in [0.05, 0.1) is 18.6 Å². The number of likely N-dealkylation sites (tertiary alicyclic amines) is 1. The summed E-state index contributed by atoms with van der Waals surface area (Å²) in [7, 11) is 0. The van der Waals surface area contributed by atoms with Crippen molar-refractivity contribution in [1.82, 2.24) is 10.2 Å². The number of hydrogen-bond donors (Lipinski definition) is 2. The lowest BCUT2D eigenvalue weighted by molar-refractivity contribution is -0.157. The number of nitrogens with one attached hydrogen (secondary N) is 1. The van der Waals surface area contributed by atoms with Gasteiger partial charge in [-0.05, 0) is 24.6 Å². The molecule has 144 valence electrons. The molecule has 4 rings (SSSR count). The Balaban J connectivity index is 1.37. The van der Waals surface area contributed by atoms with Crippen LogP contribution in [0.1, 0.15) is 16.8 Å². The van der Waals surface area contributed by atoms with Gasteiger partial charge in [0.1, 0.15) is 0 Å². The van der Waals surface area contributed by atoms with Gasteiger partial charge in [-0.15, -0.1) is 0 Å². The first-order valence-corrected chi connectivity index (χ1v) is 8.76. The van der Waals surface area contributed by atoms with Gasteiger partial charge in [0.25, 0.3) is 5.91 Å². The first-order chi connectivity index (χ1) is 13.0. The summed E-state index contributed by atoms with van der Waals surface area (Å²) in [6, 6.07) is 4.79. The predicted molar refractivity (Wildman–Crippen MR) is 90.5 cm³/mol. The number of carbonyl (C=O) groups is 3. The maximum Gasteiger partial charge on any atom is 0.311 e. The van der Waals surface area contributed by atoms with Crippen LogP contribution in [0.3, 0.4) is 0 Å². The Morgan fingerprint density at radius 1 is 1.26 bits per heavy atom. The Labute approximate surface area is 155 Å². The summed E-state index contributed by atoms with van der Waals surface area (Å²) in [5.41, 5.74) is -0.590. The molecular weight excluding hydrogens is 356 g/mol. The zero-order valence-electron chi connectivity index (χ0n) is 14.6. The van der Waals surface area contributed by atoms with Gasteiger partial charge in [0.15, 0.2) is 11.5 Å². The molecule has 2 fully saturated rings. The van der Waals surface area contributed by atoms with Crippen molar-refractivity contribution in [1.29, 1.82) is 0 Å². The molecule has 0 aromatic heterocycles. The summed E-state index contributed by atoms with van der Waals surface area (Å²) in [5, 5.41) is 12.2. The Bertz CT molecular complexity index is 796. The van der Waals surface area contributed by atoms with Crippen molar-refractivity contribution in [2.24, 2.45) is 11.3 Å². The highest BCUT2D eigenvalue weighted by Crippen LogP contribution is 2.42. The van der Waals surface area contributed by atoms with Crippen LogP contribution < -0.4 is 14.8 Å². The molecule has 0 saturated carbocycles. The average Bonchev–Trinajstić information content (AvgIpc) is 3.29. The van der Waals surface area contributed by atoms with E-state index in [2.05, 4.69) is 5.32 Å². The smallest absolute Gasteiger partial charge is 0.311 e. The minimum atomic E-state index is -0.949. The van der Waals surface area contributed by atoms with Crippen LogP contribution in [0, 0.1) is 11.3 Å². The van der Waals surface area contributed by atoms with E-state index in [0.29, 0.717) is 43.2 Å². The normalized spacial score (nSPS) is 25.8. The third-order valence-electron chi connectivity index (χ3n) is 5.52. The maximum absolute atomic E-state index is 12.5. The minimum absolute atomic E-state index is 0.115. The Morgan fingerprint density at radius 2 is 2.07 bits per heavy atom. The molecule has 0 aliphatic carbocycles. The van der Waals surface area contributed by atoms with Crippen LogP contribution in [-0.4, -0.2) is 67.4 Å². The second kappa shape index (κ2) is 6.73. The van der Waals surface area contributed by atoms with Gasteiger partial charge in [-0.2, -0.15) is 0 Å². The minimum Gasteiger partial charge on any atom is -0.481 e. The second-order valence-electron chi connectivity index (χ2n) is 7.01. The molecular formula is C18H20N2O7. The van der Waals surface area contributed by atoms with Crippen molar-refractivity contribution in [3.05, 3.63) is 23.8 Å². The fraction of sp³-hybridized carbons (Fsp3) is 0.500. The molecule has 2 atom stereocenters. The quantitative estimate of drug-likeness (QED) is 0.766. The molecule has 9 nitrogen and oxygen atoms in total. The van der Waals surface area contributed by atoms with Crippen LogP contribution in [0.15, 0.2) is 18.2 Å². The molecule has 0 spiro atoms. The molecule has 0 bridgehead atoms. The van der Waals surface area contributed by atoms with E-state index in [1.165, 1.54) is 4.90 Å². The number of nitrogens with zero attached hydrogens (tertiary/aromatic N) is 1. The first-order valence-electron chi connectivity index (χ1n) is 8.76. The van der Waals surface area contributed by atoms with E-state index in [0.717, 1.165) is 0 Å². The lowest BCUT2D eigenvalue weighted by atomic mass is 9.74. The first kappa shape index (κ1) is 17.6. The van der Waals surface area contributed by atoms with Crippen LogP contribution >= 0.6 is 0 Å². The topological polar surface area (TPSA) is 114 Å². The van der Waals surface area contributed by atoms with Crippen LogP contribution in [0.2, 0.25) is 0 Å². The molecule has 1 aromatic rings. The van der Waals surface area contributed by atoms with Gasteiger partial charge in [-0.25, -0.2) is 0 Å². The van der Waals surface area contributed by atoms with E-state index in [1.54, 1.807) is 18.2 Å². The SMILES string of the molecule is O=C(NCC(=O)N1C[C@H]2COCC[C@@]2(C(=O)O)C1)c1ccc2c(c1)OCO2. The van der Waals surface area contributed by atoms with Crippen LogP contribution in [0.5, 0.6) is 11.5 Å². The highest BCUT2D eigenvalue weighted by Gasteiger charge is 2.54. The molecule has 3 heterocycles. The van der Waals surface area contributed by atoms with Gasteiger partial charge in [0, 0.05) is 31.2 Å². The van der Waals surface area contributed by atoms with Crippen LogP contribution in [0.25, 0.3) is 0 Å². The Kier molecular flexibility index (Phi) is 4.39. The number of carbonyl (C=O) groups excluding carboxylic acids is 2. The summed E-state index contributed by atoms with van der Waals surface area (Å²) in [6.45, 7) is 1.10. The summed E-state index contributed by atoms with van der Waals surface area (Å²) in [6.07, 6.45) is 0.389. The zero-order chi connectivity index (χ0) is 19.0. The van der Waals surface area contributed by atoms with Crippen molar-refractivity contribution in [3.63, 3.8) is 0 Å². The van der Waals surface area contributed by atoms with Crippen molar-refractivity contribution >= 4 is 17.8 Å². The molecule has 2 amide bonds. The van der Waals surface area contributed by atoms with E-state index in [4.69, 9.17) is 14.2 Å². The Morgan fingerprint density at radius 3 is 2.85 bits per heavy atom. The number of ether oxygens (including phenoxy) is 3. The molecule has 9 heteroatoms. The zero-order valence-corrected chi connectivity index (χ0v) is 14.6. The summed E-state index contributed by atoms with van der Waals surface area (Å²) >= 11 is 0. The summed E-state index contributed by atoms with van der Waals surface area (Å²) in [5.74, 6) is -0.772. The summed E-state index contributed by atoms with van der Waals surface area (Å²) in [4.78, 5) is 38.1. The number of amides is 2. The molecule has 0 radical (unpaired) electrons. The van der Waals surface area contributed by atoms with E-state index in [9.17, 15) is 19.5 Å². The Hall–Kier alpha value is -2.81. The van der Waals surface area contributed by atoms with Gasteiger partial charge in [-0.3, -0.25) is 14.4 Å². The molecule has 2 saturated heterocycles. The molecule has 3 aliphatic heterocycles. The highest BCUT2D eigenvalue weighted by atomic mass is 16.7. The molecule has 2 N–H and O–H groups in total. The lowest BCUT2D eigenvalue weighted by Crippen LogP contribution is -2.45. The average molecular weight is 376 g/mol. The van der Waals surface area contributed by atoms with Gasteiger partial charge >= 0.3 is 5.97 Å². The number of benzene rings is 1. The number of hydrogen-bond acceptors (Lipinski definition) is 6. The third kappa shape index (κ3) is 3.08. The predicted octanol–water partition coefficient (Wildman–Crippen LogP) is 0.0948. The van der Waals surface area contributed by atoms with Gasteiger partial charge in [0.2, 0.25) is 12.7 Å². The van der Waals surface area contributed by atoms with Crippen molar-refractivity contribution in [3.8, 4) is 11.5 Å². The number of carboxylic acids is 1. The van der Waals surface area contributed by atoms with E-state index >= 15 is 0 Å². The number of carboxylic acid groups (broad SMARTS) is 1. The molecule has 27 heavy (non-hydrogen) atoms. The maximum atomic E-state index is 12.5. The molecule has 3 aliphatic rings. The van der Waals surface area contributed by atoms with Crippen molar-refractivity contribution < 1.29 is 33.7 Å². The summed E-state index contributed by atoms with van der Waals surface area (Å²) < 4.78 is 15.8. The standard InChI is InChI=1S/C18H20N2O7/c21-15(20-7-12-8-25-4-3-18(12,9-20)17(23)24)6-19-16(22)11-1-2-13-14(5-11)27-10-26-13/h1-2,5,12H,3-4,6-10H2,(H,19,22)(H,23,24)/t12-,18+/m0/s1. The second-order valence-corrected chi connectivity index (χ2v) is 7.01. The third-order valence-corrected chi connectivity index (χ3v) is 5.52. The lowest BCUT2D eigenvalue weighted by Gasteiger charge is -2.33. The van der Waals surface area contributed by atoms with E-state index < -0.39 is 17.3 Å². The molecule has 0 unspecified atom stereocenters. The fourth-order valence-corrected chi connectivity index (χ4v) is 3.90. The van der Waals surface area contributed by atoms with Gasteiger partial charge < -0.3 is 29.5 Å². The van der Waals surface area contributed by atoms with Crippen molar-refractivity contribution in [2.75, 3.05) is 39.6 Å². The van der Waals surface area contributed by atoms with Crippen LogP contribution in [-0.2, 0) is 14.3 Å². The monoisotopic (exact) mass is 376 g/mol. The molecule has 1 aromatic carbocycles. The number of aliphatic carboxylic acids is 1. The number of fused-ring (bicyclic) bond motifs is 2. The largest absolute Gasteiger partial charge is 0.481 e. The number of rotatable bonds is 4.